The molecule has 0 unspecified atom stereocenters. The lowest BCUT2D eigenvalue weighted by molar-refractivity contribution is -0.115. The summed E-state index contributed by atoms with van der Waals surface area (Å²) in [6.07, 6.45) is 1.49. The molecule has 3 amide bonds. The number of rotatable bonds is 6. The molecule has 0 aliphatic carbocycles. The maximum Gasteiger partial charge on any atom is 0.286 e. The summed E-state index contributed by atoms with van der Waals surface area (Å²) in [4.78, 5) is 43.1. The van der Waals surface area contributed by atoms with Gasteiger partial charge in [0.05, 0.1) is 29.6 Å². The molecular formula is C20H20N4O4S2. The van der Waals surface area contributed by atoms with E-state index in [1.165, 1.54) is 22.5 Å². The summed E-state index contributed by atoms with van der Waals surface area (Å²) in [6.45, 7) is 1.70. The lowest BCUT2D eigenvalue weighted by Gasteiger charge is -2.12. The Morgan fingerprint density at radius 2 is 1.93 bits per heavy atom. The third kappa shape index (κ3) is 5.49. The van der Waals surface area contributed by atoms with Crippen LogP contribution in [-0.4, -0.2) is 41.0 Å². The minimum atomic E-state index is -0.317. The van der Waals surface area contributed by atoms with Gasteiger partial charge in [0.1, 0.15) is 5.76 Å². The number of amides is 3. The largest absolute Gasteiger partial charge is 0.469 e. The monoisotopic (exact) mass is 444 g/mol. The smallest absolute Gasteiger partial charge is 0.286 e. The van der Waals surface area contributed by atoms with Crippen LogP contribution >= 0.6 is 23.1 Å². The number of thiazole rings is 1. The second-order valence-electron chi connectivity index (χ2n) is 6.47. The summed E-state index contributed by atoms with van der Waals surface area (Å²) in [5.74, 6) is -0.0646. The molecule has 0 fully saturated rings. The predicted octanol–water partition coefficient (Wildman–Crippen LogP) is 4.25. The number of carbonyl (C=O) groups excluding carboxylic acids is 3. The molecule has 3 aromatic rings. The number of furan rings is 1. The molecule has 0 bridgehead atoms. The Kier molecular flexibility index (Phi) is 6.91. The third-order valence-corrected chi connectivity index (χ3v) is 5.86. The van der Waals surface area contributed by atoms with Gasteiger partial charge in [0.15, 0.2) is 5.13 Å². The molecule has 0 aliphatic heterocycles. The molecule has 0 radical (unpaired) electrons. The Bertz CT molecular complexity index is 1070. The van der Waals surface area contributed by atoms with Crippen molar-refractivity contribution >= 4 is 51.0 Å². The van der Waals surface area contributed by atoms with Gasteiger partial charge in [-0.2, -0.15) is 0 Å². The standard InChI is InChI=1S/C20H20N4O4S2/c1-12-14(8-9-28-12)18(26)23-19-21-13(11-29-19)10-17(25)22-15-6-4-5-7-16(15)30-20(27)24(2)3/h4-9,11H,10H2,1-3H3,(H,22,25)(H,21,23,26). The van der Waals surface area contributed by atoms with E-state index in [1.54, 1.807) is 56.7 Å². The number of anilines is 2. The van der Waals surface area contributed by atoms with Crippen molar-refractivity contribution in [3.8, 4) is 0 Å². The van der Waals surface area contributed by atoms with E-state index in [0.717, 1.165) is 11.8 Å². The highest BCUT2D eigenvalue weighted by Gasteiger charge is 2.16. The van der Waals surface area contributed by atoms with Crippen LogP contribution in [0.15, 0.2) is 51.3 Å². The highest BCUT2D eigenvalue weighted by atomic mass is 32.2. The van der Waals surface area contributed by atoms with Crippen LogP contribution in [0.1, 0.15) is 21.8 Å². The van der Waals surface area contributed by atoms with Crippen molar-refractivity contribution in [3.05, 3.63) is 59.0 Å². The lowest BCUT2D eigenvalue weighted by Crippen LogP contribution is -2.18. The minimum absolute atomic E-state index is 0.0394. The molecule has 2 N–H and O–H groups in total. The quantitative estimate of drug-likeness (QED) is 0.551. The molecule has 0 saturated heterocycles. The number of benzene rings is 1. The van der Waals surface area contributed by atoms with Crippen molar-refractivity contribution in [1.29, 1.82) is 0 Å². The Labute approximate surface area is 181 Å². The van der Waals surface area contributed by atoms with E-state index in [-0.39, 0.29) is 23.5 Å². The topological polar surface area (TPSA) is 105 Å². The number of hydrogen-bond acceptors (Lipinski definition) is 7. The van der Waals surface area contributed by atoms with E-state index in [2.05, 4.69) is 15.6 Å². The van der Waals surface area contributed by atoms with Gasteiger partial charge in [-0.1, -0.05) is 12.1 Å². The van der Waals surface area contributed by atoms with Gasteiger partial charge in [0, 0.05) is 24.4 Å². The molecule has 3 rings (SSSR count). The van der Waals surface area contributed by atoms with Crippen LogP contribution in [-0.2, 0) is 11.2 Å². The summed E-state index contributed by atoms with van der Waals surface area (Å²) in [5, 5.41) is 7.50. The molecule has 2 heterocycles. The first-order valence-electron chi connectivity index (χ1n) is 8.91. The average molecular weight is 445 g/mol. The zero-order chi connectivity index (χ0) is 21.7. The molecular weight excluding hydrogens is 424 g/mol. The molecule has 0 spiro atoms. The predicted molar refractivity (Wildman–Crippen MR) is 117 cm³/mol. The maximum absolute atomic E-state index is 12.5. The molecule has 2 aromatic heterocycles. The van der Waals surface area contributed by atoms with Gasteiger partial charge >= 0.3 is 0 Å². The van der Waals surface area contributed by atoms with Crippen LogP contribution in [0.4, 0.5) is 15.6 Å². The molecule has 10 heteroatoms. The van der Waals surface area contributed by atoms with Gasteiger partial charge in [-0.25, -0.2) is 4.98 Å². The van der Waals surface area contributed by atoms with Crippen LogP contribution in [0.3, 0.4) is 0 Å². The fraction of sp³-hybridized carbons (Fsp3) is 0.200. The number of hydrogen-bond donors (Lipinski definition) is 2. The van der Waals surface area contributed by atoms with Crippen LogP contribution in [0.2, 0.25) is 0 Å². The second-order valence-corrected chi connectivity index (χ2v) is 8.32. The number of aromatic nitrogens is 1. The van der Waals surface area contributed by atoms with E-state index in [0.29, 0.717) is 32.7 Å². The summed E-state index contributed by atoms with van der Waals surface area (Å²) in [5.41, 5.74) is 1.53. The van der Waals surface area contributed by atoms with E-state index >= 15 is 0 Å². The van der Waals surface area contributed by atoms with Crippen LogP contribution in [0.5, 0.6) is 0 Å². The van der Waals surface area contributed by atoms with Gasteiger partial charge in [0.25, 0.3) is 11.1 Å². The summed E-state index contributed by atoms with van der Waals surface area (Å²) in [7, 11) is 3.34. The number of nitrogens with one attached hydrogen (secondary N) is 2. The number of thioether (sulfide) groups is 1. The average Bonchev–Trinajstić information content (AvgIpc) is 3.31. The maximum atomic E-state index is 12.5. The van der Waals surface area contributed by atoms with Crippen LogP contribution in [0, 0.1) is 6.92 Å². The van der Waals surface area contributed by atoms with Crippen LogP contribution < -0.4 is 10.6 Å². The van der Waals surface area contributed by atoms with Crippen molar-refractivity contribution in [2.45, 2.75) is 18.2 Å². The zero-order valence-electron chi connectivity index (χ0n) is 16.6. The summed E-state index contributed by atoms with van der Waals surface area (Å²) >= 11 is 2.28. The Hall–Kier alpha value is -3.11. The Morgan fingerprint density at radius 1 is 1.17 bits per heavy atom. The fourth-order valence-electron chi connectivity index (χ4n) is 2.43. The number of carbonyl (C=O) groups is 3. The van der Waals surface area contributed by atoms with Crippen molar-refractivity contribution in [3.63, 3.8) is 0 Å². The van der Waals surface area contributed by atoms with E-state index in [4.69, 9.17) is 4.42 Å². The summed E-state index contributed by atoms with van der Waals surface area (Å²) in [6, 6.07) is 8.69. The molecule has 156 valence electrons. The van der Waals surface area contributed by atoms with E-state index < -0.39 is 0 Å². The first-order chi connectivity index (χ1) is 14.3. The minimum Gasteiger partial charge on any atom is -0.469 e. The molecule has 0 atom stereocenters. The fourth-order valence-corrected chi connectivity index (χ4v) is 3.89. The SMILES string of the molecule is Cc1occc1C(=O)Nc1nc(CC(=O)Nc2ccccc2SC(=O)N(C)C)cs1. The normalized spacial score (nSPS) is 10.5. The first kappa shape index (κ1) is 21.6. The highest BCUT2D eigenvalue weighted by Crippen LogP contribution is 2.29. The third-order valence-electron chi connectivity index (χ3n) is 3.94. The van der Waals surface area contributed by atoms with Crippen LogP contribution in [0.25, 0.3) is 0 Å². The van der Waals surface area contributed by atoms with Crippen molar-refractivity contribution in [2.75, 3.05) is 24.7 Å². The lowest BCUT2D eigenvalue weighted by atomic mass is 10.2. The van der Waals surface area contributed by atoms with Crippen molar-refractivity contribution in [1.82, 2.24) is 9.88 Å². The molecule has 0 saturated carbocycles. The van der Waals surface area contributed by atoms with Gasteiger partial charge in [-0.3, -0.25) is 19.7 Å². The number of para-hydroxylation sites is 1. The van der Waals surface area contributed by atoms with E-state index in [9.17, 15) is 14.4 Å². The zero-order valence-corrected chi connectivity index (χ0v) is 18.2. The Morgan fingerprint density at radius 3 is 2.63 bits per heavy atom. The molecule has 1 aromatic carbocycles. The van der Waals surface area contributed by atoms with Gasteiger partial charge in [0.2, 0.25) is 5.91 Å². The van der Waals surface area contributed by atoms with Crippen molar-refractivity contribution < 1.29 is 18.8 Å². The first-order valence-corrected chi connectivity index (χ1v) is 10.6. The van der Waals surface area contributed by atoms with Gasteiger partial charge in [-0.15, -0.1) is 11.3 Å². The van der Waals surface area contributed by atoms with E-state index in [1.807, 2.05) is 0 Å². The number of nitrogens with zero attached hydrogens (tertiary/aromatic N) is 2. The second kappa shape index (κ2) is 9.59. The van der Waals surface area contributed by atoms with Gasteiger partial charge < -0.3 is 14.6 Å². The highest BCUT2D eigenvalue weighted by molar-refractivity contribution is 8.13. The summed E-state index contributed by atoms with van der Waals surface area (Å²) < 4.78 is 5.13. The number of aryl methyl sites for hydroxylation is 1. The Balaban J connectivity index is 1.61. The molecule has 30 heavy (non-hydrogen) atoms. The van der Waals surface area contributed by atoms with Gasteiger partial charge in [-0.05, 0) is 36.9 Å². The molecule has 8 nitrogen and oxygen atoms in total. The van der Waals surface area contributed by atoms with Crippen molar-refractivity contribution in [2.24, 2.45) is 0 Å². The molecule has 0 aliphatic rings.